The Morgan fingerprint density at radius 2 is 1.90 bits per heavy atom. The van der Waals surface area contributed by atoms with Gasteiger partial charge in [0.25, 0.3) is 5.56 Å². The van der Waals surface area contributed by atoms with Crippen LogP contribution in [0.2, 0.25) is 0 Å². The number of nitrogens with zero attached hydrogens (tertiary/aromatic N) is 5. The van der Waals surface area contributed by atoms with Gasteiger partial charge in [-0.05, 0) is 30.7 Å². The molecule has 0 aliphatic rings. The summed E-state index contributed by atoms with van der Waals surface area (Å²) in [5.41, 5.74) is 3.53. The molecule has 3 heterocycles. The third-order valence-electron chi connectivity index (χ3n) is 4.83. The van der Waals surface area contributed by atoms with Crippen molar-refractivity contribution in [1.29, 1.82) is 0 Å². The van der Waals surface area contributed by atoms with Crippen molar-refractivity contribution in [2.24, 2.45) is 0 Å². The van der Waals surface area contributed by atoms with Crippen molar-refractivity contribution in [2.45, 2.75) is 13.5 Å². The van der Waals surface area contributed by atoms with Crippen LogP contribution in [-0.4, -0.2) is 29.5 Å². The lowest BCUT2D eigenvalue weighted by molar-refractivity contribution is 0.836. The molecular formula is C21H17N7O. The summed E-state index contributed by atoms with van der Waals surface area (Å²) in [7, 11) is 0. The number of aromatic nitrogens is 6. The maximum absolute atomic E-state index is 13.4. The van der Waals surface area contributed by atoms with Crippen LogP contribution in [0, 0.1) is 6.92 Å². The highest BCUT2D eigenvalue weighted by atomic mass is 16.1. The fourth-order valence-corrected chi connectivity index (χ4v) is 3.47. The Morgan fingerprint density at radius 1 is 1.03 bits per heavy atom. The average molecular weight is 383 g/mol. The second-order valence-electron chi connectivity index (χ2n) is 6.65. The maximum Gasteiger partial charge on any atom is 0.266 e. The molecule has 0 fully saturated rings. The van der Waals surface area contributed by atoms with Crippen molar-refractivity contribution in [3.05, 3.63) is 82.9 Å². The first-order valence-corrected chi connectivity index (χ1v) is 9.17. The zero-order valence-electron chi connectivity index (χ0n) is 15.6. The van der Waals surface area contributed by atoms with E-state index in [0.717, 1.165) is 11.3 Å². The van der Waals surface area contributed by atoms with Gasteiger partial charge in [-0.15, -0.1) is 0 Å². The molecule has 5 aromatic rings. The Labute approximate surface area is 165 Å². The molecule has 5 rings (SSSR count). The first kappa shape index (κ1) is 17.1. The summed E-state index contributed by atoms with van der Waals surface area (Å²) in [6.07, 6.45) is 3.02. The lowest BCUT2D eigenvalue weighted by Crippen LogP contribution is -2.26. The fraction of sp³-hybridized carbons (Fsp3) is 0.0952. The minimum Gasteiger partial charge on any atom is -0.361 e. The minimum atomic E-state index is -0.0922. The molecule has 0 atom stereocenters. The van der Waals surface area contributed by atoms with Crippen LogP contribution >= 0.6 is 0 Å². The van der Waals surface area contributed by atoms with E-state index in [0.29, 0.717) is 40.3 Å². The van der Waals surface area contributed by atoms with E-state index in [1.165, 1.54) is 6.33 Å². The minimum absolute atomic E-state index is 0.0922. The second-order valence-corrected chi connectivity index (χ2v) is 6.65. The Morgan fingerprint density at radius 3 is 2.76 bits per heavy atom. The first-order chi connectivity index (χ1) is 14.2. The van der Waals surface area contributed by atoms with Gasteiger partial charge in [-0.3, -0.25) is 9.36 Å². The second kappa shape index (κ2) is 6.83. The number of H-pyrrole nitrogens is 1. The standard InChI is InChI=1S/C21H17N7O/c1-13-6-5-9-15-17(13)21(29)28(14-7-3-2-4-8-14)16(27-15)10-22-19-18-20(24-11-23-18)26-12-25-19/h2-9,11-12H,10H2,1H3,(H2,22,23,24,25,26). The molecule has 0 aliphatic heterocycles. The summed E-state index contributed by atoms with van der Waals surface area (Å²) in [5, 5.41) is 3.89. The van der Waals surface area contributed by atoms with Crippen LogP contribution in [0.25, 0.3) is 27.8 Å². The van der Waals surface area contributed by atoms with E-state index in [2.05, 4.69) is 25.3 Å². The monoisotopic (exact) mass is 383 g/mol. The number of imidazole rings is 1. The molecule has 0 bridgehead atoms. The van der Waals surface area contributed by atoms with Crippen molar-refractivity contribution in [3.8, 4) is 5.69 Å². The van der Waals surface area contributed by atoms with Gasteiger partial charge in [-0.2, -0.15) is 0 Å². The van der Waals surface area contributed by atoms with Gasteiger partial charge in [-0.25, -0.2) is 19.9 Å². The van der Waals surface area contributed by atoms with E-state index < -0.39 is 0 Å². The van der Waals surface area contributed by atoms with Crippen molar-refractivity contribution < 1.29 is 0 Å². The highest BCUT2D eigenvalue weighted by Gasteiger charge is 2.15. The summed E-state index contributed by atoms with van der Waals surface area (Å²) < 4.78 is 1.65. The Balaban J connectivity index is 1.66. The van der Waals surface area contributed by atoms with Crippen molar-refractivity contribution >= 4 is 27.9 Å². The molecule has 0 aliphatic carbocycles. The van der Waals surface area contributed by atoms with Gasteiger partial charge in [0.05, 0.1) is 29.5 Å². The topological polar surface area (TPSA) is 101 Å². The molecule has 2 aromatic carbocycles. The summed E-state index contributed by atoms with van der Waals surface area (Å²) in [6, 6.07) is 15.2. The number of nitrogens with one attached hydrogen (secondary N) is 2. The lowest BCUT2D eigenvalue weighted by atomic mass is 10.1. The number of aryl methyl sites for hydroxylation is 1. The van der Waals surface area contributed by atoms with Crippen LogP contribution in [0.1, 0.15) is 11.4 Å². The molecule has 0 saturated heterocycles. The van der Waals surface area contributed by atoms with Crippen LogP contribution in [-0.2, 0) is 6.54 Å². The number of rotatable bonds is 4. The molecule has 0 amide bonds. The zero-order valence-corrected chi connectivity index (χ0v) is 15.6. The summed E-state index contributed by atoms with van der Waals surface area (Å²) in [6.45, 7) is 2.23. The molecule has 29 heavy (non-hydrogen) atoms. The molecule has 3 aromatic heterocycles. The van der Waals surface area contributed by atoms with Crippen LogP contribution < -0.4 is 10.9 Å². The number of benzene rings is 2. The number of para-hydroxylation sites is 1. The number of fused-ring (bicyclic) bond motifs is 2. The normalized spacial score (nSPS) is 11.2. The molecule has 8 nitrogen and oxygen atoms in total. The summed E-state index contributed by atoms with van der Waals surface area (Å²) >= 11 is 0. The SMILES string of the molecule is Cc1cccc2nc(CNc3ncnc4nc[nH]c34)n(-c3ccccc3)c(=O)c12. The third-order valence-corrected chi connectivity index (χ3v) is 4.83. The Hall–Kier alpha value is -4.07. The van der Waals surface area contributed by atoms with Crippen LogP contribution in [0.5, 0.6) is 0 Å². The van der Waals surface area contributed by atoms with Gasteiger partial charge in [0.2, 0.25) is 0 Å². The van der Waals surface area contributed by atoms with Crippen LogP contribution in [0.3, 0.4) is 0 Å². The van der Waals surface area contributed by atoms with Crippen molar-refractivity contribution in [1.82, 2.24) is 29.5 Å². The van der Waals surface area contributed by atoms with Gasteiger partial charge in [0.15, 0.2) is 11.5 Å². The van der Waals surface area contributed by atoms with Gasteiger partial charge < -0.3 is 10.3 Å². The zero-order chi connectivity index (χ0) is 19.8. The summed E-state index contributed by atoms with van der Waals surface area (Å²) in [5.74, 6) is 1.19. The smallest absolute Gasteiger partial charge is 0.266 e. The largest absolute Gasteiger partial charge is 0.361 e. The number of hydrogen-bond acceptors (Lipinski definition) is 6. The van der Waals surface area contributed by atoms with E-state index in [1.54, 1.807) is 10.9 Å². The maximum atomic E-state index is 13.4. The van der Waals surface area contributed by atoms with E-state index in [1.807, 2.05) is 55.5 Å². The lowest BCUT2D eigenvalue weighted by Gasteiger charge is -2.15. The molecule has 2 N–H and O–H groups in total. The molecular weight excluding hydrogens is 366 g/mol. The van der Waals surface area contributed by atoms with E-state index in [9.17, 15) is 4.79 Å². The number of anilines is 1. The predicted octanol–water partition coefficient (Wildman–Crippen LogP) is 2.97. The third kappa shape index (κ3) is 2.91. The predicted molar refractivity (Wildman–Crippen MR) is 111 cm³/mol. The molecule has 0 radical (unpaired) electrons. The van der Waals surface area contributed by atoms with E-state index >= 15 is 0 Å². The van der Waals surface area contributed by atoms with E-state index in [4.69, 9.17) is 4.98 Å². The highest BCUT2D eigenvalue weighted by Crippen LogP contribution is 2.18. The van der Waals surface area contributed by atoms with Crippen LogP contribution in [0.4, 0.5) is 5.82 Å². The van der Waals surface area contributed by atoms with Crippen molar-refractivity contribution in [3.63, 3.8) is 0 Å². The Kier molecular flexibility index (Phi) is 4.02. The molecule has 0 spiro atoms. The quantitative estimate of drug-likeness (QED) is 0.495. The number of hydrogen-bond donors (Lipinski definition) is 2. The van der Waals surface area contributed by atoms with Gasteiger partial charge in [-0.1, -0.05) is 30.3 Å². The summed E-state index contributed by atoms with van der Waals surface area (Å²) in [4.78, 5) is 33.8. The number of aromatic amines is 1. The molecule has 0 unspecified atom stereocenters. The van der Waals surface area contributed by atoms with Crippen LogP contribution in [0.15, 0.2) is 66.0 Å². The average Bonchev–Trinajstić information content (AvgIpc) is 3.22. The molecule has 0 saturated carbocycles. The highest BCUT2D eigenvalue weighted by molar-refractivity contribution is 5.83. The van der Waals surface area contributed by atoms with E-state index in [-0.39, 0.29) is 5.56 Å². The van der Waals surface area contributed by atoms with Crippen molar-refractivity contribution in [2.75, 3.05) is 5.32 Å². The fourth-order valence-electron chi connectivity index (χ4n) is 3.47. The molecule has 142 valence electrons. The van der Waals surface area contributed by atoms with Gasteiger partial charge in [0.1, 0.15) is 17.7 Å². The van der Waals surface area contributed by atoms with Gasteiger partial charge in [0, 0.05) is 0 Å². The van der Waals surface area contributed by atoms with Gasteiger partial charge >= 0.3 is 0 Å². The first-order valence-electron chi connectivity index (χ1n) is 9.17. The Bertz CT molecular complexity index is 1390. The molecule has 8 heteroatoms.